The summed E-state index contributed by atoms with van der Waals surface area (Å²) in [5, 5.41) is 14.4. The van der Waals surface area contributed by atoms with E-state index >= 15 is 0 Å². The summed E-state index contributed by atoms with van der Waals surface area (Å²) in [4.78, 5) is 16.7. The van der Waals surface area contributed by atoms with E-state index in [-0.39, 0.29) is 10.6 Å². The van der Waals surface area contributed by atoms with E-state index in [0.29, 0.717) is 16.2 Å². The van der Waals surface area contributed by atoms with Crippen LogP contribution in [0.25, 0.3) is 0 Å². The number of pyridine rings is 1. The van der Waals surface area contributed by atoms with Crippen LogP contribution in [0.3, 0.4) is 0 Å². The monoisotopic (exact) mass is 328 g/mol. The van der Waals surface area contributed by atoms with Crippen molar-refractivity contribution in [3.05, 3.63) is 26.9 Å². The van der Waals surface area contributed by atoms with E-state index in [1.807, 2.05) is 11.9 Å². The molecule has 0 aliphatic carbocycles. The molecular weight excluding hydrogens is 312 g/mol. The van der Waals surface area contributed by atoms with Crippen molar-refractivity contribution in [2.75, 3.05) is 31.6 Å². The summed E-state index contributed by atoms with van der Waals surface area (Å²) < 4.78 is 0.621. The highest BCUT2D eigenvalue weighted by Crippen LogP contribution is 2.28. The fraction of sp³-hybridized carbons (Fsp3) is 0.583. The zero-order valence-corrected chi connectivity index (χ0v) is 12.4. The summed E-state index contributed by atoms with van der Waals surface area (Å²) in [5.74, 6) is 0.947. The number of piperidine rings is 1. The summed E-state index contributed by atoms with van der Waals surface area (Å²) >= 11 is 3.22. The van der Waals surface area contributed by atoms with Crippen LogP contribution in [0, 0.1) is 16.0 Å². The van der Waals surface area contributed by atoms with Crippen molar-refractivity contribution >= 4 is 27.4 Å². The Morgan fingerprint density at radius 3 is 3.11 bits per heavy atom. The third kappa shape index (κ3) is 3.63. The Labute approximate surface area is 120 Å². The van der Waals surface area contributed by atoms with Crippen LogP contribution in [0.4, 0.5) is 11.5 Å². The largest absolute Gasteiger partial charge is 0.354 e. The molecule has 2 rings (SSSR count). The molecule has 104 valence electrons. The fourth-order valence-corrected chi connectivity index (χ4v) is 2.72. The van der Waals surface area contributed by atoms with Crippen LogP contribution in [-0.2, 0) is 0 Å². The molecule has 7 heteroatoms. The Balaban J connectivity index is 2.13. The number of nitrogens with zero attached hydrogens (tertiary/aromatic N) is 3. The molecule has 1 unspecified atom stereocenters. The van der Waals surface area contributed by atoms with Gasteiger partial charge in [-0.3, -0.25) is 10.1 Å². The number of halogens is 1. The van der Waals surface area contributed by atoms with Crippen LogP contribution in [0.15, 0.2) is 16.7 Å². The molecule has 0 saturated carbocycles. The van der Waals surface area contributed by atoms with Crippen molar-refractivity contribution in [3.8, 4) is 0 Å². The van der Waals surface area contributed by atoms with Crippen molar-refractivity contribution in [2.24, 2.45) is 5.92 Å². The van der Waals surface area contributed by atoms with Gasteiger partial charge in [0, 0.05) is 30.3 Å². The summed E-state index contributed by atoms with van der Waals surface area (Å²) in [6, 6.07) is 1.50. The van der Waals surface area contributed by atoms with E-state index in [9.17, 15) is 10.1 Å². The molecule has 1 atom stereocenters. The maximum absolute atomic E-state index is 11.1. The lowest BCUT2D eigenvalue weighted by Crippen LogP contribution is -2.37. The average molecular weight is 329 g/mol. The molecule has 1 N–H and O–H groups in total. The Morgan fingerprint density at radius 2 is 2.47 bits per heavy atom. The van der Waals surface area contributed by atoms with Gasteiger partial charge < -0.3 is 10.2 Å². The predicted molar refractivity (Wildman–Crippen MR) is 77.5 cm³/mol. The zero-order chi connectivity index (χ0) is 13.8. The van der Waals surface area contributed by atoms with E-state index in [1.54, 1.807) is 6.20 Å². The number of hydrogen-bond donors (Lipinski definition) is 1. The molecule has 1 aliphatic heterocycles. The number of nitro groups is 1. The van der Waals surface area contributed by atoms with Gasteiger partial charge in [0.2, 0.25) is 5.82 Å². The van der Waals surface area contributed by atoms with E-state index in [2.05, 4.69) is 26.2 Å². The highest BCUT2D eigenvalue weighted by Gasteiger charge is 2.22. The quantitative estimate of drug-likeness (QED) is 0.677. The Morgan fingerprint density at radius 1 is 1.68 bits per heavy atom. The lowest BCUT2D eigenvalue weighted by molar-refractivity contribution is -0.384. The van der Waals surface area contributed by atoms with E-state index in [0.717, 1.165) is 32.5 Å². The van der Waals surface area contributed by atoms with Crippen molar-refractivity contribution in [3.63, 3.8) is 0 Å². The number of hydrogen-bond acceptors (Lipinski definition) is 5. The molecule has 2 heterocycles. The molecule has 1 aromatic heterocycles. The van der Waals surface area contributed by atoms with Crippen LogP contribution < -0.4 is 10.2 Å². The number of anilines is 1. The maximum atomic E-state index is 11.1. The standard InChI is InChI=1S/C12H17BrN4O2/c1-16(8-9-3-2-4-14-6-9)12-11(17(18)19)5-10(13)7-15-12/h5,7,9,14H,2-4,6,8H2,1H3. The zero-order valence-electron chi connectivity index (χ0n) is 10.8. The average Bonchev–Trinajstić information content (AvgIpc) is 2.39. The first-order valence-electron chi connectivity index (χ1n) is 6.29. The summed E-state index contributed by atoms with van der Waals surface area (Å²) in [6.45, 7) is 2.81. The first kappa shape index (κ1) is 14.2. The number of aromatic nitrogens is 1. The van der Waals surface area contributed by atoms with Gasteiger partial charge in [0.05, 0.1) is 4.92 Å². The summed E-state index contributed by atoms with van der Waals surface area (Å²) in [6.07, 6.45) is 3.91. The van der Waals surface area contributed by atoms with Crippen LogP contribution >= 0.6 is 15.9 Å². The van der Waals surface area contributed by atoms with Gasteiger partial charge in [-0.15, -0.1) is 0 Å². The first-order valence-corrected chi connectivity index (χ1v) is 7.09. The third-order valence-corrected chi connectivity index (χ3v) is 3.74. The molecule has 1 fully saturated rings. The van der Waals surface area contributed by atoms with Crippen LogP contribution in [0.1, 0.15) is 12.8 Å². The fourth-order valence-electron chi connectivity index (χ4n) is 2.40. The minimum Gasteiger partial charge on any atom is -0.354 e. The summed E-state index contributed by atoms with van der Waals surface area (Å²) in [5.41, 5.74) is 0.0423. The van der Waals surface area contributed by atoms with Crippen molar-refractivity contribution in [2.45, 2.75) is 12.8 Å². The van der Waals surface area contributed by atoms with Crippen LogP contribution in [0.5, 0.6) is 0 Å². The number of rotatable bonds is 4. The second-order valence-corrected chi connectivity index (χ2v) is 5.76. The minimum atomic E-state index is -0.386. The van der Waals surface area contributed by atoms with Gasteiger partial charge in [-0.25, -0.2) is 4.98 Å². The topological polar surface area (TPSA) is 71.3 Å². The molecule has 6 nitrogen and oxygen atoms in total. The Kier molecular flexibility index (Phi) is 4.71. The molecular formula is C12H17BrN4O2. The van der Waals surface area contributed by atoms with Crippen LogP contribution in [0.2, 0.25) is 0 Å². The van der Waals surface area contributed by atoms with Gasteiger partial charge in [0.25, 0.3) is 0 Å². The van der Waals surface area contributed by atoms with E-state index in [1.165, 1.54) is 6.07 Å². The van der Waals surface area contributed by atoms with Crippen molar-refractivity contribution in [1.29, 1.82) is 0 Å². The maximum Gasteiger partial charge on any atom is 0.312 e. The van der Waals surface area contributed by atoms with E-state index in [4.69, 9.17) is 0 Å². The van der Waals surface area contributed by atoms with Gasteiger partial charge in [-0.1, -0.05) is 0 Å². The predicted octanol–water partition coefficient (Wildman–Crippen LogP) is 2.19. The minimum absolute atomic E-state index is 0.0423. The second-order valence-electron chi connectivity index (χ2n) is 4.85. The molecule has 1 aliphatic rings. The molecule has 0 aromatic carbocycles. The molecule has 1 saturated heterocycles. The van der Waals surface area contributed by atoms with Gasteiger partial charge >= 0.3 is 5.69 Å². The Bertz CT molecular complexity index is 463. The SMILES string of the molecule is CN(CC1CCCNC1)c1ncc(Br)cc1[N+](=O)[O-]. The van der Waals surface area contributed by atoms with E-state index < -0.39 is 0 Å². The molecule has 0 radical (unpaired) electrons. The van der Waals surface area contributed by atoms with Crippen molar-refractivity contribution < 1.29 is 4.92 Å². The highest BCUT2D eigenvalue weighted by atomic mass is 79.9. The second kappa shape index (κ2) is 6.29. The van der Waals surface area contributed by atoms with Gasteiger partial charge in [0.1, 0.15) is 0 Å². The molecule has 19 heavy (non-hydrogen) atoms. The molecule has 0 bridgehead atoms. The lowest BCUT2D eigenvalue weighted by Gasteiger charge is -2.28. The lowest BCUT2D eigenvalue weighted by atomic mass is 9.99. The molecule has 0 spiro atoms. The number of nitrogens with one attached hydrogen (secondary N) is 1. The molecule has 1 aromatic rings. The van der Waals surface area contributed by atoms with Crippen LogP contribution in [-0.4, -0.2) is 36.6 Å². The smallest absolute Gasteiger partial charge is 0.312 e. The third-order valence-electron chi connectivity index (χ3n) is 3.30. The van der Waals surface area contributed by atoms with Crippen molar-refractivity contribution in [1.82, 2.24) is 10.3 Å². The summed E-state index contributed by atoms with van der Waals surface area (Å²) in [7, 11) is 1.86. The van der Waals surface area contributed by atoms with Gasteiger partial charge in [-0.2, -0.15) is 0 Å². The first-order chi connectivity index (χ1) is 9.08. The highest BCUT2D eigenvalue weighted by molar-refractivity contribution is 9.10. The molecule has 0 amide bonds. The normalized spacial score (nSPS) is 19.2. The van der Waals surface area contributed by atoms with Gasteiger partial charge in [0.15, 0.2) is 0 Å². The Hall–Kier alpha value is -1.21. The van der Waals surface area contributed by atoms with Gasteiger partial charge in [-0.05, 0) is 47.8 Å².